The van der Waals surface area contributed by atoms with Gasteiger partial charge in [0.2, 0.25) is 10.0 Å². The minimum atomic E-state index is -4.03. The zero-order chi connectivity index (χ0) is 27.9. The number of aryl methyl sites for hydroxylation is 2. The summed E-state index contributed by atoms with van der Waals surface area (Å²) in [7, 11) is -2.10. The molecule has 1 aromatic heterocycles. The number of aromatic nitrogens is 1. The Morgan fingerprint density at radius 1 is 1.15 bits per heavy atom. The molecule has 3 N–H and O–H groups in total. The van der Waals surface area contributed by atoms with Crippen molar-refractivity contribution in [3.05, 3.63) is 63.4 Å². The molecule has 3 aromatic rings. The fraction of sp³-hybridized carbons (Fsp3) is 0.429. The van der Waals surface area contributed by atoms with Crippen LogP contribution < -0.4 is 20.5 Å². The number of carbonyl (C=O) groups is 1. The van der Waals surface area contributed by atoms with Crippen molar-refractivity contribution in [3.8, 4) is 5.75 Å². The number of hydrogen-bond acceptors (Lipinski definition) is 6. The highest BCUT2D eigenvalue weighted by Gasteiger charge is 2.36. The number of hydrogen-bond donors (Lipinski definition) is 3. The number of pyridine rings is 1. The van der Waals surface area contributed by atoms with Crippen LogP contribution >= 0.6 is 0 Å². The highest BCUT2D eigenvalue weighted by molar-refractivity contribution is 7.89. The Balaban J connectivity index is 1.53. The van der Waals surface area contributed by atoms with E-state index in [4.69, 9.17) is 9.84 Å². The average Bonchev–Trinajstić information content (AvgIpc) is 2.90. The summed E-state index contributed by atoms with van der Waals surface area (Å²) in [5, 5.41) is 12.5. The quantitative estimate of drug-likeness (QED) is 0.423. The molecule has 5 rings (SSSR count). The Hall–Kier alpha value is -3.57. The number of benzene rings is 2. The van der Waals surface area contributed by atoms with E-state index in [0.717, 1.165) is 27.7 Å². The van der Waals surface area contributed by atoms with Crippen LogP contribution in [0.4, 0.5) is 10.5 Å². The first-order valence-corrected chi connectivity index (χ1v) is 14.6. The van der Waals surface area contributed by atoms with Crippen LogP contribution in [0.2, 0.25) is 0 Å². The highest BCUT2D eigenvalue weighted by atomic mass is 32.2. The van der Waals surface area contributed by atoms with Crippen molar-refractivity contribution in [2.24, 2.45) is 0 Å². The molecule has 1 amide bonds. The number of amides is 1. The summed E-state index contributed by atoms with van der Waals surface area (Å²) in [6.07, 6.45) is 0.868. The Kier molecular flexibility index (Phi) is 7.30. The van der Waals surface area contributed by atoms with Crippen molar-refractivity contribution in [2.45, 2.75) is 63.1 Å². The number of aromatic amines is 1. The van der Waals surface area contributed by atoms with E-state index in [9.17, 15) is 18.0 Å². The Labute approximate surface area is 227 Å². The van der Waals surface area contributed by atoms with Gasteiger partial charge in [-0.15, -0.1) is 0 Å². The largest absolute Gasteiger partial charge is 0.490 e. The van der Waals surface area contributed by atoms with Crippen molar-refractivity contribution in [1.82, 2.24) is 14.6 Å². The summed E-state index contributed by atoms with van der Waals surface area (Å²) in [6, 6.07) is 9.95. The number of rotatable bonds is 6. The van der Waals surface area contributed by atoms with E-state index in [2.05, 4.69) is 10.3 Å². The number of anilines is 1. The van der Waals surface area contributed by atoms with Crippen LogP contribution in [-0.2, 0) is 16.6 Å². The fourth-order valence-electron chi connectivity index (χ4n) is 5.58. The second-order valence-corrected chi connectivity index (χ2v) is 12.4. The summed E-state index contributed by atoms with van der Waals surface area (Å²) in [4.78, 5) is 29.4. The molecule has 0 spiro atoms. The maximum absolute atomic E-state index is 14.2. The molecular formula is C28H34N4O6S. The van der Waals surface area contributed by atoms with Gasteiger partial charge in [0, 0.05) is 37.3 Å². The van der Waals surface area contributed by atoms with E-state index in [1.807, 2.05) is 37.9 Å². The summed E-state index contributed by atoms with van der Waals surface area (Å²) in [5.74, 6) is 0.508. The van der Waals surface area contributed by atoms with Gasteiger partial charge in [-0.25, -0.2) is 13.2 Å². The van der Waals surface area contributed by atoms with Crippen molar-refractivity contribution >= 4 is 32.7 Å². The zero-order valence-corrected chi connectivity index (χ0v) is 23.2. The molecule has 1 fully saturated rings. The van der Waals surface area contributed by atoms with E-state index < -0.39 is 22.2 Å². The molecule has 1 aliphatic carbocycles. The van der Waals surface area contributed by atoms with Gasteiger partial charge in [0.25, 0.3) is 5.56 Å². The number of likely N-dealkylation sites (N-methyl/N-ethyl adjacent to an activating group) is 1. The van der Waals surface area contributed by atoms with Crippen molar-refractivity contribution in [3.63, 3.8) is 0 Å². The second-order valence-electron chi connectivity index (χ2n) is 10.5. The van der Waals surface area contributed by atoms with Crippen molar-refractivity contribution < 1.29 is 23.1 Å². The lowest BCUT2D eigenvalue weighted by atomic mass is 9.91. The lowest BCUT2D eigenvalue weighted by molar-refractivity contribution is 0.176. The molecule has 1 saturated carbocycles. The molecule has 39 heavy (non-hydrogen) atoms. The average molecular weight is 555 g/mol. The zero-order valence-electron chi connectivity index (χ0n) is 22.4. The smallest absolute Gasteiger partial charge is 0.404 e. The normalized spacial score (nSPS) is 19.5. The first-order chi connectivity index (χ1) is 18.5. The van der Waals surface area contributed by atoms with E-state index in [0.29, 0.717) is 50.1 Å². The van der Waals surface area contributed by atoms with Crippen LogP contribution in [0.5, 0.6) is 5.75 Å². The van der Waals surface area contributed by atoms with Crippen molar-refractivity contribution in [1.29, 1.82) is 0 Å². The highest BCUT2D eigenvalue weighted by Crippen LogP contribution is 2.36. The fourth-order valence-corrected chi connectivity index (χ4v) is 7.26. The summed E-state index contributed by atoms with van der Waals surface area (Å²) >= 11 is 0. The summed E-state index contributed by atoms with van der Waals surface area (Å²) in [6.45, 7) is 5.00. The third kappa shape index (κ3) is 5.33. The molecule has 0 radical (unpaired) electrons. The Morgan fingerprint density at radius 2 is 1.90 bits per heavy atom. The number of nitrogens with zero attached hydrogens (tertiary/aromatic N) is 2. The maximum Gasteiger partial charge on any atom is 0.404 e. The number of fused-ring (bicyclic) bond motifs is 2. The third-order valence-electron chi connectivity index (χ3n) is 8.02. The molecule has 11 heteroatoms. The van der Waals surface area contributed by atoms with E-state index in [1.165, 1.54) is 4.31 Å². The van der Waals surface area contributed by atoms with E-state index in [-0.39, 0.29) is 23.0 Å². The van der Waals surface area contributed by atoms with Gasteiger partial charge in [-0.05, 0) is 74.2 Å². The van der Waals surface area contributed by atoms with Gasteiger partial charge in [-0.2, -0.15) is 4.31 Å². The maximum atomic E-state index is 14.2. The Bertz CT molecular complexity index is 1580. The summed E-state index contributed by atoms with van der Waals surface area (Å²) in [5.41, 5.74) is 3.63. The van der Waals surface area contributed by atoms with Gasteiger partial charge >= 0.3 is 6.09 Å². The van der Waals surface area contributed by atoms with Crippen LogP contribution in [-0.4, -0.2) is 61.2 Å². The number of carboxylic acid groups (broad SMARTS) is 1. The molecule has 2 aliphatic rings. The van der Waals surface area contributed by atoms with Gasteiger partial charge in [0.15, 0.2) is 0 Å². The third-order valence-corrected chi connectivity index (χ3v) is 9.91. The Morgan fingerprint density at radius 3 is 2.62 bits per heavy atom. The topological polar surface area (TPSA) is 132 Å². The van der Waals surface area contributed by atoms with Crippen LogP contribution in [0.3, 0.4) is 0 Å². The molecule has 208 valence electrons. The van der Waals surface area contributed by atoms with Gasteiger partial charge in [0.1, 0.15) is 12.4 Å². The predicted molar refractivity (Wildman–Crippen MR) is 149 cm³/mol. The molecule has 10 nitrogen and oxygen atoms in total. The van der Waals surface area contributed by atoms with Gasteiger partial charge in [0.05, 0.1) is 22.6 Å². The molecule has 0 saturated heterocycles. The SMILES string of the molecule is Cc1ccc2cc(CN([C@H]3CC[C@H](NC(=O)O)CC3)S(=O)(=O)c3ccc4c(c3)OCCN4C)c(=O)[nH]c2c1C. The summed E-state index contributed by atoms with van der Waals surface area (Å²) < 4.78 is 35.5. The molecule has 0 bridgehead atoms. The lowest BCUT2D eigenvalue weighted by Crippen LogP contribution is -2.46. The molecule has 0 atom stereocenters. The minimum Gasteiger partial charge on any atom is -0.490 e. The number of ether oxygens (including phenoxy) is 1. The molecular weight excluding hydrogens is 520 g/mol. The molecule has 2 aromatic carbocycles. The van der Waals surface area contributed by atoms with Crippen LogP contribution in [0.1, 0.15) is 42.4 Å². The van der Waals surface area contributed by atoms with Crippen molar-refractivity contribution in [2.75, 3.05) is 25.1 Å². The molecule has 1 aliphatic heterocycles. The predicted octanol–water partition coefficient (Wildman–Crippen LogP) is 3.74. The minimum absolute atomic E-state index is 0.0972. The second kappa shape index (κ2) is 10.5. The first-order valence-electron chi connectivity index (χ1n) is 13.2. The molecule has 0 unspecified atom stereocenters. The monoisotopic (exact) mass is 554 g/mol. The number of nitrogens with one attached hydrogen (secondary N) is 2. The molecule has 2 heterocycles. The van der Waals surface area contributed by atoms with Crippen LogP contribution in [0.25, 0.3) is 10.9 Å². The van der Waals surface area contributed by atoms with Gasteiger partial charge in [-0.3, -0.25) is 4.79 Å². The number of H-pyrrole nitrogens is 1. The van der Waals surface area contributed by atoms with E-state index >= 15 is 0 Å². The van der Waals surface area contributed by atoms with Gasteiger partial charge in [-0.1, -0.05) is 12.1 Å². The number of sulfonamides is 1. The van der Waals surface area contributed by atoms with Crippen LogP contribution in [0.15, 0.2) is 46.1 Å². The standard InChI is InChI=1S/C28H34N4O6S/c1-17-4-5-19-14-20(27(33)30-26(19)18(17)2)16-32(22-8-6-21(7-9-22)29-28(34)35)39(36,37)23-10-11-24-25(15-23)38-13-12-31(24)3/h4-5,10-11,14-15,21-22,29H,6-9,12-13,16H2,1-3H3,(H,30,33)(H,34,35)/t21-,22-. The first kappa shape index (κ1) is 27.0. The van der Waals surface area contributed by atoms with E-state index in [1.54, 1.807) is 24.3 Å². The van der Waals surface area contributed by atoms with Gasteiger partial charge < -0.3 is 25.0 Å². The lowest BCUT2D eigenvalue weighted by Gasteiger charge is -2.36. The van der Waals surface area contributed by atoms with Crippen LogP contribution in [0, 0.1) is 13.8 Å².